The third-order valence-electron chi connectivity index (χ3n) is 5.08. The zero-order valence-electron chi connectivity index (χ0n) is 17.0. The highest BCUT2D eigenvalue weighted by Gasteiger charge is 2.51. The number of ether oxygens (including phenoxy) is 1. The fourth-order valence-corrected chi connectivity index (χ4v) is 5.33. The molecule has 1 aliphatic heterocycles. The largest absolute Gasteiger partial charge is 0.444 e. The van der Waals surface area contributed by atoms with E-state index in [1.165, 1.54) is 18.2 Å². The minimum atomic E-state index is -3.85. The molecule has 30 heavy (non-hydrogen) atoms. The van der Waals surface area contributed by atoms with Crippen molar-refractivity contribution in [1.29, 1.82) is 5.26 Å². The predicted molar refractivity (Wildman–Crippen MR) is 109 cm³/mol. The molecule has 1 aromatic carbocycles. The third kappa shape index (κ3) is 4.71. The fraction of sp³-hybridized carbons (Fsp3) is 0.550. The van der Waals surface area contributed by atoms with Gasteiger partial charge in [0.2, 0.25) is 5.91 Å². The number of sulfone groups is 1. The van der Waals surface area contributed by atoms with E-state index in [9.17, 15) is 23.3 Å². The van der Waals surface area contributed by atoms with Crippen molar-refractivity contribution in [2.24, 2.45) is 0 Å². The highest BCUT2D eigenvalue weighted by Crippen LogP contribution is 2.36. The molecule has 0 radical (unpaired) electrons. The van der Waals surface area contributed by atoms with Crippen molar-refractivity contribution in [2.75, 3.05) is 6.54 Å². The number of carbonyl (C=O) groups is 2. The van der Waals surface area contributed by atoms with Gasteiger partial charge in [-0.2, -0.15) is 5.26 Å². The Morgan fingerprint density at radius 3 is 2.53 bits per heavy atom. The molecule has 8 nitrogen and oxygen atoms in total. The lowest BCUT2D eigenvalue weighted by atomic mass is 10.2. The summed E-state index contributed by atoms with van der Waals surface area (Å²) in [4.78, 5) is 26.8. The molecule has 0 bridgehead atoms. The van der Waals surface area contributed by atoms with Crippen LogP contribution in [0.25, 0.3) is 0 Å². The summed E-state index contributed by atoms with van der Waals surface area (Å²) in [6, 6.07) is 6.88. The van der Waals surface area contributed by atoms with Gasteiger partial charge in [0, 0.05) is 11.6 Å². The minimum Gasteiger partial charge on any atom is -0.444 e. The number of carbonyl (C=O) groups excluding carboxylic acids is 2. The van der Waals surface area contributed by atoms with Gasteiger partial charge >= 0.3 is 6.09 Å². The molecule has 2 amide bonds. The molecule has 0 aromatic heterocycles. The fourth-order valence-electron chi connectivity index (χ4n) is 3.34. The first-order valence-electron chi connectivity index (χ1n) is 9.59. The van der Waals surface area contributed by atoms with Crippen LogP contribution in [-0.2, 0) is 19.4 Å². The Bertz CT molecular complexity index is 1010. The van der Waals surface area contributed by atoms with Gasteiger partial charge in [0.15, 0.2) is 9.84 Å². The summed E-state index contributed by atoms with van der Waals surface area (Å²) < 4.78 is 31.7. The Morgan fingerprint density at radius 2 is 2.00 bits per heavy atom. The normalized spacial score (nSPS) is 22.8. The Balaban J connectivity index is 1.88. The number of nitriles is 1. The van der Waals surface area contributed by atoms with Crippen LogP contribution in [0, 0.1) is 11.3 Å². The van der Waals surface area contributed by atoms with Gasteiger partial charge in [-0.25, -0.2) is 13.2 Å². The SMILES string of the molecule is CC(C)(C)OC(=O)N1C[C@H](S(=O)(=O)c2cccc(Cl)c2)C[C@H]1C(=O)NC1(C#N)CC1. The topological polar surface area (TPSA) is 117 Å². The standard InChI is InChI=1S/C20H24ClN3O5S/c1-19(2,3)29-18(26)24-11-15(30(27,28)14-6-4-5-13(21)9-14)10-16(24)17(25)23-20(12-22)7-8-20/h4-6,9,15-16H,7-8,10-11H2,1-3H3,(H,23,25)/t15-,16+/m1/s1. The molecular formula is C20H24ClN3O5S. The lowest BCUT2D eigenvalue weighted by molar-refractivity contribution is -0.126. The van der Waals surface area contributed by atoms with E-state index in [-0.39, 0.29) is 22.9 Å². The molecule has 1 N–H and O–H groups in total. The van der Waals surface area contributed by atoms with Crippen LogP contribution in [0.5, 0.6) is 0 Å². The van der Waals surface area contributed by atoms with Crippen molar-refractivity contribution in [3.05, 3.63) is 29.3 Å². The molecule has 0 unspecified atom stereocenters. The zero-order chi connectivity index (χ0) is 22.3. The number of likely N-dealkylation sites (tertiary alicyclic amines) is 1. The number of rotatable bonds is 4. The molecule has 2 fully saturated rings. The number of hydrogen-bond acceptors (Lipinski definition) is 6. The average Bonchev–Trinajstić information content (AvgIpc) is 3.25. The van der Waals surface area contributed by atoms with E-state index in [1.807, 2.05) is 0 Å². The van der Waals surface area contributed by atoms with E-state index in [4.69, 9.17) is 16.3 Å². The quantitative estimate of drug-likeness (QED) is 0.749. The summed E-state index contributed by atoms with van der Waals surface area (Å²) in [6.07, 6.45) is 0.187. The molecule has 0 spiro atoms. The van der Waals surface area contributed by atoms with Crippen LogP contribution < -0.4 is 5.32 Å². The van der Waals surface area contributed by atoms with Gasteiger partial charge < -0.3 is 10.1 Å². The first-order valence-corrected chi connectivity index (χ1v) is 11.5. The van der Waals surface area contributed by atoms with Crippen molar-refractivity contribution in [2.45, 2.75) is 67.4 Å². The van der Waals surface area contributed by atoms with Crippen LogP contribution in [0.4, 0.5) is 4.79 Å². The van der Waals surface area contributed by atoms with Gasteiger partial charge in [-0.1, -0.05) is 17.7 Å². The van der Waals surface area contributed by atoms with E-state index in [2.05, 4.69) is 11.4 Å². The van der Waals surface area contributed by atoms with Crippen LogP contribution in [0.3, 0.4) is 0 Å². The molecule has 1 saturated carbocycles. The molecule has 2 atom stereocenters. The molecular weight excluding hydrogens is 430 g/mol. The summed E-state index contributed by atoms with van der Waals surface area (Å²) in [5.41, 5.74) is -1.74. The Kier molecular flexibility index (Phi) is 5.78. The molecule has 2 aliphatic rings. The molecule has 1 saturated heterocycles. The Hall–Kier alpha value is -2.31. The van der Waals surface area contributed by atoms with Crippen LogP contribution in [0.1, 0.15) is 40.0 Å². The zero-order valence-corrected chi connectivity index (χ0v) is 18.6. The summed E-state index contributed by atoms with van der Waals surface area (Å²) in [5.74, 6) is -0.552. The van der Waals surface area contributed by atoms with E-state index < -0.39 is 44.3 Å². The van der Waals surface area contributed by atoms with Crippen LogP contribution >= 0.6 is 11.6 Å². The number of halogens is 1. The minimum absolute atomic E-state index is 0.0286. The van der Waals surface area contributed by atoms with Gasteiger partial charge in [0.25, 0.3) is 0 Å². The number of nitrogens with zero attached hydrogens (tertiary/aromatic N) is 2. The van der Waals surface area contributed by atoms with Gasteiger partial charge in [-0.15, -0.1) is 0 Å². The van der Waals surface area contributed by atoms with E-state index in [1.54, 1.807) is 26.8 Å². The molecule has 162 valence electrons. The third-order valence-corrected chi connectivity index (χ3v) is 7.45. The van der Waals surface area contributed by atoms with Gasteiger partial charge in [-0.05, 0) is 58.2 Å². The predicted octanol–water partition coefficient (Wildman–Crippen LogP) is 2.66. The van der Waals surface area contributed by atoms with E-state index >= 15 is 0 Å². The van der Waals surface area contributed by atoms with Gasteiger partial charge in [0.05, 0.1) is 16.2 Å². The average molecular weight is 454 g/mol. The molecule has 1 heterocycles. The van der Waals surface area contributed by atoms with Crippen LogP contribution in [0.2, 0.25) is 5.02 Å². The first kappa shape index (κ1) is 22.4. The lowest BCUT2D eigenvalue weighted by Gasteiger charge is -2.28. The monoisotopic (exact) mass is 453 g/mol. The van der Waals surface area contributed by atoms with Gasteiger partial charge in [0.1, 0.15) is 17.2 Å². The number of hydrogen-bond donors (Lipinski definition) is 1. The molecule has 3 rings (SSSR count). The van der Waals surface area contributed by atoms with Crippen molar-refractivity contribution < 1.29 is 22.7 Å². The highest BCUT2D eigenvalue weighted by atomic mass is 35.5. The Morgan fingerprint density at radius 1 is 1.33 bits per heavy atom. The van der Waals surface area contributed by atoms with Crippen LogP contribution in [-0.4, -0.2) is 54.3 Å². The van der Waals surface area contributed by atoms with Crippen molar-refractivity contribution in [3.63, 3.8) is 0 Å². The smallest absolute Gasteiger partial charge is 0.411 e. The first-order chi connectivity index (χ1) is 13.9. The summed E-state index contributed by atoms with van der Waals surface area (Å²) in [6.45, 7) is 4.86. The van der Waals surface area contributed by atoms with Gasteiger partial charge in [-0.3, -0.25) is 9.69 Å². The van der Waals surface area contributed by atoms with Crippen molar-refractivity contribution in [1.82, 2.24) is 10.2 Å². The molecule has 10 heteroatoms. The van der Waals surface area contributed by atoms with Crippen molar-refractivity contribution >= 4 is 33.4 Å². The summed E-state index contributed by atoms with van der Waals surface area (Å²) in [7, 11) is -3.85. The van der Waals surface area contributed by atoms with Crippen LogP contribution in [0.15, 0.2) is 29.2 Å². The summed E-state index contributed by atoms with van der Waals surface area (Å²) in [5, 5.41) is 11.2. The van der Waals surface area contributed by atoms with Crippen molar-refractivity contribution in [3.8, 4) is 6.07 Å². The maximum atomic E-state index is 13.1. The molecule has 1 aromatic rings. The second-order valence-corrected chi connectivity index (χ2v) is 11.4. The number of benzene rings is 1. The lowest BCUT2D eigenvalue weighted by Crippen LogP contribution is -2.50. The van der Waals surface area contributed by atoms with E-state index in [0.29, 0.717) is 12.8 Å². The number of nitrogens with one attached hydrogen (secondary N) is 1. The Labute approximate surface area is 181 Å². The maximum absolute atomic E-state index is 13.1. The second-order valence-electron chi connectivity index (χ2n) is 8.69. The second kappa shape index (κ2) is 7.75. The number of amides is 2. The highest BCUT2D eigenvalue weighted by molar-refractivity contribution is 7.92. The molecule has 1 aliphatic carbocycles. The maximum Gasteiger partial charge on any atom is 0.411 e. The summed E-state index contributed by atoms with van der Waals surface area (Å²) >= 11 is 5.94. The van der Waals surface area contributed by atoms with E-state index in [0.717, 1.165) is 4.90 Å².